The van der Waals surface area contributed by atoms with Gasteiger partial charge in [0.25, 0.3) is 0 Å². The number of aromatic nitrogens is 2. The minimum absolute atomic E-state index is 0.108. The summed E-state index contributed by atoms with van der Waals surface area (Å²) < 4.78 is 31.0. The summed E-state index contributed by atoms with van der Waals surface area (Å²) in [5.74, 6) is -0.529. The topological polar surface area (TPSA) is 92.4 Å². The molecule has 0 spiro atoms. The van der Waals surface area contributed by atoms with Gasteiger partial charge in [0.05, 0.1) is 18.5 Å². The summed E-state index contributed by atoms with van der Waals surface area (Å²) in [5, 5.41) is 6.31. The van der Waals surface area contributed by atoms with Gasteiger partial charge in [-0.05, 0) is 26.7 Å². The average molecular weight is 287 g/mol. The lowest BCUT2D eigenvalue weighted by Crippen LogP contribution is -2.38. The molecule has 19 heavy (non-hydrogen) atoms. The Kier molecular flexibility index (Phi) is 3.91. The molecule has 1 saturated carbocycles. The maximum Gasteiger partial charge on any atom is 0.321 e. The van der Waals surface area contributed by atoms with Gasteiger partial charge >= 0.3 is 5.97 Å². The van der Waals surface area contributed by atoms with E-state index < -0.39 is 16.0 Å². The second-order valence-electron chi connectivity index (χ2n) is 4.45. The van der Waals surface area contributed by atoms with E-state index in [0.29, 0.717) is 5.69 Å². The van der Waals surface area contributed by atoms with Crippen molar-refractivity contribution in [2.45, 2.75) is 37.6 Å². The summed E-state index contributed by atoms with van der Waals surface area (Å²) in [4.78, 5) is 11.6. The summed E-state index contributed by atoms with van der Waals surface area (Å²) in [6.07, 6.45) is 2.82. The van der Waals surface area contributed by atoms with Crippen molar-refractivity contribution in [2.24, 2.45) is 0 Å². The van der Waals surface area contributed by atoms with Gasteiger partial charge in [0.2, 0.25) is 10.0 Å². The molecule has 1 aliphatic rings. The first kappa shape index (κ1) is 14.0. The SMILES string of the molecule is CCOC(=O)CN(C1CC1)S(=O)(=O)c1cn[nH]c1C. The summed E-state index contributed by atoms with van der Waals surface area (Å²) in [6.45, 7) is 3.32. The number of nitrogens with zero attached hydrogens (tertiary/aromatic N) is 2. The zero-order valence-corrected chi connectivity index (χ0v) is 11.7. The van der Waals surface area contributed by atoms with Crippen LogP contribution in [0.3, 0.4) is 0 Å². The molecule has 2 rings (SSSR count). The highest BCUT2D eigenvalue weighted by Crippen LogP contribution is 2.32. The van der Waals surface area contributed by atoms with Crippen molar-refractivity contribution in [3.63, 3.8) is 0 Å². The van der Waals surface area contributed by atoms with E-state index in [1.54, 1.807) is 13.8 Å². The molecule has 1 N–H and O–H groups in total. The van der Waals surface area contributed by atoms with Crippen molar-refractivity contribution in [1.29, 1.82) is 0 Å². The molecular formula is C11H17N3O4S. The van der Waals surface area contributed by atoms with E-state index >= 15 is 0 Å². The third kappa shape index (κ3) is 2.95. The van der Waals surface area contributed by atoms with Gasteiger partial charge in [-0.3, -0.25) is 9.89 Å². The fraction of sp³-hybridized carbons (Fsp3) is 0.636. The minimum Gasteiger partial charge on any atom is -0.465 e. The predicted octanol–water partition coefficient (Wildman–Crippen LogP) is 0.434. The van der Waals surface area contributed by atoms with E-state index in [2.05, 4.69) is 10.2 Å². The molecule has 0 saturated heterocycles. The summed E-state index contributed by atoms with van der Waals surface area (Å²) >= 11 is 0. The maximum absolute atomic E-state index is 12.5. The number of H-pyrrole nitrogens is 1. The van der Waals surface area contributed by atoms with Crippen molar-refractivity contribution in [1.82, 2.24) is 14.5 Å². The highest BCUT2D eigenvalue weighted by Gasteiger charge is 2.40. The van der Waals surface area contributed by atoms with Crippen LogP contribution in [-0.4, -0.2) is 48.1 Å². The zero-order valence-electron chi connectivity index (χ0n) is 10.9. The van der Waals surface area contributed by atoms with E-state index in [1.165, 1.54) is 10.5 Å². The van der Waals surface area contributed by atoms with E-state index in [-0.39, 0.29) is 24.1 Å². The number of ether oxygens (including phenoxy) is 1. The van der Waals surface area contributed by atoms with Gasteiger partial charge in [0.1, 0.15) is 11.4 Å². The Bertz CT molecular complexity index is 562. The highest BCUT2D eigenvalue weighted by atomic mass is 32.2. The fourth-order valence-electron chi connectivity index (χ4n) is 1.83. The van der Waals surface area contributed by atoms with E-state index in [9.17, 15) is 13.2 Å². The lowest BCUT2D eigenvalue weighted by Gasteiger charge is -2.20. The molecule has 0 amide bonds. The Morgan fingerprint density at radius 1 is 1.58 bits per heavy atom. The summed E-state index contributed by atoms with van der Waals surface area (Å²) in [7, 11) is -3.70. The third-order valence-electron chi connectivity index (χ3n) is 2.91. The number of sulfonamides is 1. The number of carbonyl (C=O) groups excluding carboxylic acids is 1. The van der Waals surface area contributed by atoms with Crippen LogP contribution in [0.25, 0.3) is 0 Å². The molecule has 0 aromatic carbocycles. The molecule has 0 bridgehead atoms. The second-order valence-corrected chi connectivity index (χ2v) is 6.30. The largest absolute Gasteiger partial charge is 0.465 e. The standard InChI is InChI=1S/C11H17N3O4S/c1-3-18-11(15)7-14(9-4-5-9)19(16,17)10-6-12-13-8(10)2/h6,9H,3-5,7H2,1-2H3,(H,12,13). The monoisotopic (exact) mass is 287 g/mol. The first-order valence-electron chi connectivity index (χ1n) is 6.14. The maximum atomic E-state index is 12.5. The van der Waals surface area contributed by atoms with Crippen molar-refractivity contribution in [3.8, 4) is 0 Å². The number of hydrogen-bond donors (Lipinski definition) is 1. The predicted molar refractivity (Wildman–Crippen MR) is 66.9 cm³/mol. The average Bonchev–Trinajstić information content (AvgIpc) is 3.07. The molecule has 1 heterocycles. The number of esters is 1. The van der Waals surface area contributed by atoms with Crippen LogP contribution >= 0.6 is 0 Å². The van der Waals surface area contributed by atoms with Crippen LogP contribution in [-0.2, 0) is 19.6 Å². The molecule has 7 nitrogen and oxygen atoms in total. The van der Waals surface area contributed by atoms with Crippen molar-refractivity contribution < 1.29 is 17.9 Å². The first-order chi connectivity index (χ1) is 8.96. The molecule has 1 fully saturated rings. The lowest BCUT2D eigenvalue weighted by atomic mass is 10.5. The minimum atomic E-state index is -3.70. The molecule has 1 aromatic heterocycles. The van der Waals surface area contributed by atoms with Gasteiger partial charge in [-0.2, -0.15) is 9.40 Å². The lowest BCUT2D eigenvalue weighted by molar-refractivity contribution is -0.143. The van der Waals surface area contributed by atoms with Crippen LogP contribution in [0.4, 0.5) is 0 Å². The Labute approximate surface area is 112 Å². The Balaban J connectivity index is 2.24. The van der Waals surface area contributed by atoms with Crippen LogP contribution in [0.2, 0.25) is 0 Å². The molecule has 0 atom stereocenters. The Morgan fingerprint density at radius 2 is 2.26 bits per heavy atom. The van der Waals surface area contributed by atoms with E-state index in [0.717, 1.165) is 12.8 Å². The van der Waals surface area contributed by atoms with Gasteiger partial charge < -0.3 is 4.74 Å². The molecule has 0 radical (unpaired) electrons. The summed E-state index contributed by atoms with van der Waals surface area (Å²) in [6, 6.07) is -0.108. The molecule has 0 unspecified atom stereocenters. The molecule has 8 heteroatoms. The smallest absolute Gasteiger partial charge is 0.321 e. The Hall–Kier alpha value is -1.41. The van der Waals surface area contributed by atoms with Gasteiger partial charge in [0, 0.05) is 6.04 Å². The van der Waals surface area contributed by atoms with E-state index in [4.69, 9.17) is 4.74 Å². The quantitative estimate of drug-likeness (QED) is 0.766. The Morgan fingerprint density at radius 3 is 2.74 bits per heavy atom. The number of nitrogens with one attached hydrogen (secondary N) is 1. The van der Waals surface area contributed by atoms with Gasteiger partial charge in [-0.15, -0.1) is 0 Å². The number of aromatic amines is 1. The van der Waals surface area contributed by atoms with Crippen LogP contribution in [0.5, 0.6) is 0 Å². The molecule has 1 aromatic rings. The van der Waals surface area contributed by atoms with Gasteiger partial charge in [-0.1, -0.05) is 0 Å². The highest BCUT2D eigenvalue weighted by molar-refractivity contribution is 7.89. The third-order valence-corrected chi connectivity index (χ3v) is 4.93. The van der Waals surface area contributed by atoms with Crippen LogP contribution < -0.4 is 0 Å². The number of hydrogen-bond acceptors (Lipinski definition) is 5. The number of carbonyl (C=O) groups is 1. The zero-order chi connectivity index (χ0) is 14.0. The summed E-state index contributed by atoms with van der Waals surface area (Å²) in [5.41, 5.74) is 0.467. The molecular weight excluding hydrogens is 270 g/mol. The van der Waals surface area contributed by atoms with Crippen molar-refractivity contribution in [2.75, 3.05) is 13.2 Å². The normalized spacial score (nSPS) is 15.7. The molecule has 1 aliphatic carbocycles. The molecule has 106 valence electrons. The van der Waals surface area contributed by atoms with Gasteiger partial charge in [0.15, 0.2) is 0 Å². The van der Waals surface area contributed by atoms with E-state index in [1.807, 2.05) is 0 Å². The van der Waals surface area contributed by atoms with Crippen LogP contribution in [0, 0.1) is 6.92 Å². The molecule has 0 aliphatic heterocycles. The fourth-order valence-corrected chi connectivity index (χ4v) is 3.58. The van der Waals surface area contributed by atoms with Crippen LogP contribution in [0.1, 0.15) is 25.5 Å². The number of aryl methyl sites for hydroxylation is 1. The van der Waals surface area contributed by atoms with Crippen LogP contribution in [0.15, 0.2) is 11.1 Å². The van der Waals surface area contributed by atoms with Crippen molar-refractivity contribution >= 4 is 16.0 Å². The van der Waals surface area contributed by atoms with Gasteiger partial charge in [-0.25, -0.2) is 8.42 Å². The van der Waals surface area contributed by atoms with Crippen molar-refractivity contribution in [3.05, 3.63) is 11.9 Å². The number of rotatable bonds is 6. The second kappa shape index (κ2) is 5.30. The first-order valence-corrected chi connectivity index (χ1v) is 7.58.